The van der Waals surface area contributed by atoms with Gasteiger partial charge in [-0.15, -0.1) is 0 Å². The minimum Gasteiger partial charge on any atom is -0.439 e. The fraction of sp³-hybridized carbons (Fsp3) is 0.400. The average molecular weight is 292 g/mol. The van der Waals surface area contributed by atoms with Gasteiger partial charge in [0.05, 0.1) is 28.0 Å². The average Bonchev–Trinajstić information content (AvgIpc) is 2.88. The van der Waals surface area contributed by atoms with E-state index in [1.165, 1.54) is 0 Å². The van der Waals surface area contributed by atoms with E-state index < -0.39 is 11.0 Å². The molecule has 2 rings (SSSR count). The first kappa shape index (κ1) is 14.9. The predicted octanol–water partition coefficient (Wildman–Crippen LogP) is 3.45. The van der Waals surface area contributed by atoms with Crippen LogP contribution in [0.2, 0.25) is 0 Å². The maximum Gasteiger partial charge on any atom is 0.226 e. The number of hydrogen-bond donors (Lipinski definition) is 1. The van der Waals surface area contributed by atoms with Crippen LogP contribution in [0.15, 0.2) is 40.9 Å². The Hall–Kier alpha value is -1.46. The van der Waals surface area contributed by atoms with Crippen molar-refractivity contribution in [3.8, 4) is 11.5 Å². The molecule has 0 spiro atoms. The standard InChI is InChI=1S/C15H20N2O2S/c1-11(17-20(18)15(2,3)4)13-10-16-14(19-13)12-8-6-5-7-9-12/h5-11,17H,1-4H3/t11-,20-/m1/s1. The van der Waals surface area contributed by atoms with Crippen LogP contribution >= 0.6 is 0 Å². The summed E-state index contributed by atoms with van der Waals surface area (Å²) < 4.78 is 20.5. The molecule has 1 heterocycles. The monoisotopic (exact) mass is 292 g/mol. The zero-order valence-corrected chi connectivity index (χ0v) is 13.0. The molecule has 20 heavy (non-hydrogen) atoms. The van der Waals surface area contributed by atoms with Gasteiger partial charge in [0.1, 0.15) is 5.76 Å². The molecule has 0 amide bonds. The van der Waals surface area contributed by atoms with E-state index in [9.17, 15) is 4.21 Å². The summed E-state index contributed by atoms with van der Waals surface area (Å²) in [6, 6.07) is 9.57. The smallest absolute Gasteiger partial charge is 0.226 e. The lowest BCUT2D eigenvalue weighted by atomic mass is 10.2. The van der Waals surface area contributed by atoms with Crippen molar-refractivity contribution in [3.63, 3.8) is 0 Å². The molecule has 0 bridgehead atoms. The Morgan fingerprint density at radius 1 is 1.25 bits per heavy atom. The molecule has 108 valence electrons. The van der Waals surface area contributed by atoms with Crippen LogP contribution in [0.4, 0.5) is 0 Å². The van der Waals surface area contributed by atoms with E-state index >= 15 is 0 Å². The van der Waals surface area contributed by atoms with Crippen molar-refractivity contribution in [2.45, 2.75) is 38.5 Å². The Morgan fingerprint density at radius 2 is 1.90 bits per heavy atom. The second-order valence-electron chi connectivity index (χ2n) is 5.65. The summed E-state index contributed by atoms with van der Waals surface area (Å²) in [5.74, 6) is 1.26. The lowest BCUT2D eigenvalue weighted by molar-refractivity contribution is 0.471. The molecule has 1 N–H and O–H groups in total. The molecule has 4 nitrogen and oxygen atoms in total. The van der Waals surface area contributed by atoms with Gasteiger partial charge in [0, 0.05) is 5.56 Å². The minimum absolute atomic E-state index is 0.153. The van der Waals surface area contributed by atoms with Gasteiger partial charge in [0.2, 0.25) is 5.89 Å². The van der Waals surface area contributed by atoms with E-state index in [-0.39, 0.29) is 10.8 Å². The molecule has 5 heteroatoms. The van der Waals surface area contributed by atoms with E-state index in [2.05, 4.69) is 9.71 Å². The van der Waals surface area contributed by atoms with Crippen molar-refractivity contribution >= 4 is 11.0 Å². The van der Waals surface area contributed by atoms with Crippen LogP contribution in [0.25, 0.3) is 11.5 Å². The van der Waals surface area contributed by atoms with Crippen molar-refractivity contribution in [1.82, 2.24) is 9.71 Å². The van der Waals surface area contributed by atoms with Crippen molar-refractivity contribution in [1.29, 1.82) is 0 Å². The quantitative estimate of drug-likeness (QED) is 0.939. The lowest BCUT2D eigenvalue weighted by Crippen LogP contribution is -2.34. The topological polar surface area (TPSA) is 55.1 Å². The first-order valence-corrected chi connectivity index (χ1v) is 7.72. The highest BCUT2D eigenvalue weighted by molar-refractivity contribution is 7.84. The predicted molar refractivity (Wildman–Crippen MR) is 81.4 cm³/mol. The Kier molecular flexibility index (Phi) is 4.40. The van der Waals surface area contributed by atoms with Gasteiger partial charge in [-0.1, -0.05) is 18.2 Å². The van der Waals surface area contributed by atoms with Crippen LogP contribution in [0.5, 0.6) is 0 Å². The molecule has 0 radical (unpaired) electrons. The number of rotatable bonds is 4. The Balaban J connectivity index is 2.11. The summed E-state index contributed by atoms with van der Waals surface area (Å²) in [5.41, 5.74) is 0.933. The zero-order chi connectivity index (χ0) is 14.8. The van der Waals surface area contributed by atoms with Gasteiger partial charge in [0.15, 0.2) is 0 Å². The maximum atomic E-state index is 12.1. The SMILES string of the molecule is C[C@@H](N[S@](=O)C(C)(C)C)c1cnc(-c2ccccc2)o1. The fourth-order valence-electron chi connectivity index (χ4n) is 1.60. The molecular formula is C15H20N2O2S. The Labute approximate surface area is 122 Å². The number of benzene rings is 1. The summed E-state index contributed by atoms with van der Waals surface area (Å²) in [7, 11) is -1.14. The molecule has 0 aliphatic carbocycles. The molecule has 0 fully saturated rings. The van der Waals surface area contributed by atoms with Crippen LogP contribution in [-0.4, -0.2) is 13.9 Å². The molecule has 0 saturated heterocycles. The third-order valence-electron chi connectivity index (χ3n) is 2.81. The number of nitrogens with zero attached hydrogens (tertiary/aromatic N) is 1. The van der Waals surface area contributed by atoms with Crippen molar-refractivity contribution in [3.05, 3.63) is 42.3 Å². The van der Waals surface area contributed by atoms with Crippen LogP contribution in [-0.2, 0) is 11.0 Å². The van der Waals surface area contributed by atoms with Crippen molar-refractivity contribution in [2.75, 3.05) is 0 Å². The van der Waals surface area contributed by atoms with Gasteiger partial charge < -0.3 is 4.42 Å². The van der Waals surface area contributed by atoms with Crippen LogP contribution in [0, 0.1) is 0 Å². The Morgan fingerprint density at radius 3 is 2.50 bits per heavy atom. The molecule has 0 unspecified atom stereocenters. The van der Waals surface area contributed by atoms with Gasteiger partial charge in [0.25, 0.3) is 0 Å². The van der Waals surface area contributed by atoms with E-state index in [1.807, 2.05) is 58.0 Å². The lowest BCUT2D eigenvalue weighted by Gasteiger charge is -2.20. The van der Waals surface area contributed by atoms with E-state index in [0.717, 1.165) is 5.56 Å². The molecule has 0 aliphatic heterocycles. The first-order chi connectivity index (χ1) is 9.38. The minimum atomic E-state index is -1.14. The Bertz CT molecular complexity index is 587. The second kappa shape index (κ2) is 5.89. The first-order valence-electron chi connectivity index (χ1n) is 6.57. The summed E-state index contributed by atoms with van der Waals surface area (Å²) in [5, 5.41) is 0. The molecule has 0 aliphatic rings. The van der Waals surface area contributed by atoms with Gasteiger partial charge in [-0.3, -0.25) is 0 Å². The molecule has 1 aromatic heterocycles. The largest absolute Gasteiger partial charge is 0.439 e. The number of hydrogen-bond acceptors (Lipinski definition) is 3. The highest BCUT2D eigenvalue weighted by atomic mass is 32.2. The zero-order valence-electron chi connectivity index (χ0n) is 12.2. The fourth-order valence-corrected chi connectivity index (χ4v) is 2.39. The summed E-state index contributed by atoms with van der Waals surface area (Å²) in [6.45, 7) is 7.70. The highest BCUT2D eigenvalue weighted by Crippen LogP contribution is 2.23. The molecule has 2 atom stereocenters. The van der Waals surface area contributed by atoms with E-state index in [1.54, 1.807) is 6.20 Å². The van der Waals surface area contributed by atoms with Gasteiger partial charge >= 0.3 is 0 Å². The second-order valence-corrected chi connectivity index (χ2v) is 7.65. The number of nitrogens with one attached hydrogen (secondary N) is 1. The number of aromatic nitrogens is 1. The van der Waals surface area contributed by atoms with Crippen LogP contribution in [0.3, 0.4) is 0 Å². The normalized spacial score (nSPS) is 15.0. The van der Waals surface area contributed by atoms with Crippen LogP contribution in [0.1, 0.15) is 39.5 Å². The molecule has 0 saturated carbocycles. The third-order valence-corrected chi connectivity index (χ3v) is 4.49. The van der Waals surface area contributed by atoms with Crippen molar-refractivity contribution in [2.24, 2.45) is 0 Å². The van der Waals surface area contributed by atoms with Crippen LogP contribution < -0.4 is 4.72 Å². The number of oxazole rings is 1. The third kappa shape index (κ3) is 3.55. The van der Waals surface area contributed by atoms with Crippen molar-refractivity contribution < 1.29 is 8.63 Å². The van der Waals surface area contributed by atoms with Gasteiger partial charge in [-0.2, -0.15) is 0 Å². The maximum absolute atomic E-state index is 12.1. The molecular weight excluding hydrogens is 272 g/mol. The summed E-state index contributed by atoms with van der Waals surface area (Å²) >= 11 is 0. The molecule has 2 aromatic rings. The summed E-state index contributed by atoms with van der Waals surface area (Å²) in [6.07, 6.45) is 1.68. The van der Waals surface area contributed by atoms with Gasteiger partial charge in [-0.25, -0.2) is 13.9 Å². The highest BCUT2D eigenvalue weighted by Gasteiger charge is 2.23. The van der Waals surface area contributed by atoms with Gasteiger partial charge in [-0.05, 0) is 39.8 Å². The summed E-state index contributed by atoms with van der Waals surface area (Å²) in [4.78, 5) is 4.27. The van der Waals surface area contributed by atoms with E-state index in [4.69, 9.17) is 4.42 Å². The molecule has 1 aromatic carbocycles. The van der Waals surface area contributed by atoms with E-state index in [0.29, 0.717) is 11.7 Å².